The summed E-state index contributed by atoms with van der Waals surface area (Å²) in [5.41, 5.74) is 4.90. The van der Waals surface area contributed by atoms with Gasteiger partial charge in [0.05, 0.1) is 10.6 Å². The van der Waals surface area contributed by atoms with Gasteiger partial charge in [-0.1, -0.05) is 23.7 Å². The molecule has 0 fully saturated rings. The SMILES string of the molecule is Cc1c(CCC(=O)O)ccc(OCc2c(Cl)ccc3c2OC(C)(C)C3)c1C. The number of carboxylic acid groups (broad SMARTS) is 1. The second-order valence-electron chi connectivity index (χ2n) is 7.71. The predicted octanol–water partition coefficient (Wildman–Crippen LogP) is 5.27. The van der Waals surface area contributed by atoms with Gasteiger partial charge in [-0.15, -0.1) is 0 Å². The van der Waals surface area contributed by atoms with Gasteiger partial charge >= 0.3 is 5.97 Å². The van der Waals surface area contributed by atoms with Crippen LogP contribution in [0, 0.1) is 13.8 Å². The first-order valence-corrected chi connectivity index (χ1v) is 9.48. The Hall–Kier alpha value is -2.20. The van der Waals surface area contributed by atoms with Crippen molar-refractivity contribution < 1.29 is 19.4 Å². The van der Waals surface area contributed by atoms with Crippen LogP contribution in [-0.2, 0) is 24.2 Å². The molecule has 0 bridgehead atoms. The maximum Gasteiger partial charge on any atom is 0.303 e. The Kier molecular flexibility index (Phi) is 5.38. The zero-order valence-corrected chi connectivity index (χ0v) is 16.9. The number of hydrogen-bond acceptors (Lipinski definition) is 3. The highest BCUT2D eigenvalue weighted by molar-refractivity contribution is 6.31. The lowest BCUT2D eigenvalue weighted by Crippen LogP contribution is -2.25. The van der Waals surface area contributed by atoms with E-state index in [1.54, 1.807) is 0 Å². The maximum atomic E-state index is 10.8. The van der Waals surface area contributed by atoms with Crippen molar-refractivity contribution in [2.24, 2.45) is 0 Å². The molecule has 27 heavy (non-hydrogen) atoms. The Morgan fingerprint density at radius 1 is 1.22 bits per heavy atom. The zero-order chi connectivity index (χ0) is 19.8. The minimum absolute atomic E-state index is 0.124. The number of aryl methyl sites for hydroxylation is 1. The molecule has 4 nitrogen and oxygen atoms in total. The number of ether oxygens (including phenoxy) is 2. The lowest BCUT2D eigenvalue weighted by atomic mass is 9.99. The molecule has 3 rings (SSSR count). The monoisotopic (exact) mass is 388 g/mol. The topological polar surface area (TPSA) is 55.8 Å². The number of carbonyl (C=O) groups is 1. The molecule has 2 aromatic rings. The number of hydrogen-bond donors (Lipinski definition) is 1. The normalized spacial score (nSPS) is 14.6. The first-order valence-electron chi connectivity index (χ1n) is 9.11. The van der Waals surface area contributed by atoms with Crippen LogP contribution in [0.3, 0.4) is 0 Å². The number of benzene rings is 2. The standard InChI is InChI=1S/C22H25ClO4/c1-13-14(2)19(9-6-15(13)7-10-20(24)25)26-12-17-18(23)8-5-16-11-22(3,4)27-21(16)17/h5-6,8-9H,7,10-12H2,1-4H3,(H,24,25). The van der Waals surface area contributed by atoms with Crippen LogP contribution in [0.1, 0.15) is 48.1 Å². The molecule has 2 aromatic carbocycles. The van der Waals surface area contributed by atoms with Gasteiger partial charge in [0.15, 0.2) is 0 Å². The van der Waals surface area contributed by atoms with Crippen molar-refractivity contribution in [2.45, 2.75) is 59.2 Å². The molecule has 0 atom stereocenters. The van der Waals surface area contributed by atoms with Crippen molar-refractivity contribution in [1.82, 2.24) is 0 Å². The molecule has 1 heterocycles. The summed E-state index contributed by atoms with van der Waals surface area (Å²) in [5, 5.41) is 9.53. The molecule has 0 radical (unpaired) electrons. The molecule has 1 aliphatic heterocycles. The average molecular weight is 389 g/mol. The fourth-order valence-corrected chi connectivity index (χ4v) is 3.70. The van der Waals surface area contributed by atoms with Crippen molar-refractivity contribution in [2.75, 3.05) is 0 Å². The fraction of sp³-hybridized carbons (Fsp3) is 0.409. The largest absolute Gasteiger partial charge is 0.488 e. The highest BCUT2D eigenvalue weighted by atomic mass is 35.5. The molecule has 0 unspecified atom stereocenters. The smallest absolute Gasteiger partial charge is 0.303 e. The van der Waals surface area contributed by atoms with E-state index in [4.69, 9.17) is 26.2 Å². The zero-order valence-electron chi connectivity index (χ0n) is 16.2. The van der Waals surface area contributed by atoms with Gasteiger partial charge in [-0.25, -0.2) is 0 Å². The minimum atomic E-state index is -0.789. The van der Waals surface area contributed by atoms with Gasteiger partial charge in [0.2, 0.25) is 0 Å². The van der Waals surface area contributed by atoms with Crippen LogP contribution < -0.4 is 9.47 Å². The molecule has 0 spiro atoms. The first-order chi connectivity index (χ1) is 12.7. The Labute approximate surface area is 165 Å². The van der Waals surface area contributed by atoms with Crippen LogP contribution in [0.2, 0.25) is 5.02 Å². The molecule has 0 aromatic heterocycles. The summed E-state index contributed by atoms with van der Waals surface area (Å²) in [5.74, 6) is 0.820. The van der Waals surface area contributed by atoms with Gasteiger partial charge in [-0.3, -0.25) is 4.79 Å². The molecule has 0 aliphatic carbocycles. The average Bonchev–Trinajstić information content (AvgIpc) is 2.91. The van der Waals surface area contributed by atoms with E-state index in [0.29, 0.717) is 18.1 Å². The predicted molar refractivity (Wildman–Crippen MR) is 106 cm³/mol. The summed E-state index contributed by atoms with van der Waals surface area (Å²) >= 11 is 6.42. The molecule has 0 amide bonds. The van der Waals surface area contributed by atoms with Crippen LogP contribution in [0.15, 0.2) is 24.3 Å². The third-order valence-electron chi connectivity index (χ3n) is 5.11. The van der Waals surface area contributed by atoms with Gasteiger partial charge < -0.3 is 14.6 Å². The summed E-state index contributed by atoms with van der Waals surface area (Å²) < 4.78 is 12.2. The van der Waals surface area contributed by atoms with E-state index in [0.717, 1.165) is 45.7 Å². The highest BCUT2D eigenvalue weighted by Gasteiger charge is 2.32. The van der Waals surface area contributed by atoms with E-state index in [1.165, 1.54) is 0 Å². The van der Waals surface area contributed by atoms with Crippen molar-refractivity contribution in [3.8, 4) is 11.5 Å². The van der Waals surface area contributed by atoms with Gasteiger partial charge in [-0.2, -0.15) is 0 Å². The van der Waals surface area contributed by atoms with Gasteiger partial charge in [0.1, 0.15) is 23.7 Å². The van der Waals surface area contributed by atoms with Gasteiger partial charge in [-0.05, 0) is 68.5 Å². The third-order valence-corrected chi connectivity index (χ3v) is 5.46. The van der Waals surface area contributed by atoms with Crippen molar-refractivity contribution in [3.63, 3.8) is 0 Å². The van der Waals surface area contributed by atoms with Gasteiger partial charge in [0, 0.05) is 12.8 Å². The van der Waals surface area contributed by atoms with Crippen LogP contribution in [0.5, 0.6) is 11.5 Å². The van der Waals surface area contributed by atoms with E-state index in [1.807, 2.05) is 38.1 Å². The second kappa shape index (κ2) is 7.43. The Balaban J connectivity index is 1.80. The third kappa shape index (κ3) is 4.22. The maximum absolute atomic E-state index is 10.8. The van der Waals surface area contributed by atoms with Crippen molar-refractivity contribution >= 4 is 17.6 Å². The lowest BCUT2D eigenvalue weighted by molar-refractivity contribution is -0.136. The molecule has 0 saturated heterocycles. The quantitative estimate of drug-likeness (QED) is 0.732. The molecular weight excluding hydrogens is 364 g/mol. The summed E-state index contributed by atoms with van der Waals surface area (Å²) in [6, 6.07) is 7.76. The highest BCUT2D eigenvalue weighted by Crippen LogP contribution is 2.41. The number of aliphatic carboxylic acids is 1. The van der Waals surface area contributed by atoms with E-state index in [2.05, 4.69) is 13.8 Å². The molecule has 1 N–H and O–H groups in total. The molecule has 144 valence electrons. The number of carboxylic acids is 1. The van der Waals surface area contributed by atoms with Crippen LogP contribution in [0.4, 0.5) is 0 Å². The first kappa shape index (κ1) is 19.6. The molecule has 1 aliphatic rings. The fourth-order valence-electron chi connectivity index (χ4n) is 3.49. The van der Waals surface area contributed by atoms with Crippen LogP contribution in [-0.4, -0.2) is 16.7 Å². The van der Waals surface area contributed by atoms with Crippen molar-refractivity contribution in [3.05, 3.63) is 57.1 Å². The Morgan fingerprint density at radius 2 is 1.96 bits per heavy atom. The summed E-state index contributed by atoms with van der Waals surface area (Å²) in [4.78, 5) is 10.8. The van der Waals surface area contributed by atoms with Gasteiger partial charge in [0.25, 0.3) is 0 Å². The van der Waals surface area contributed by atoms with E-state index in [-0.39, 0.29) is 12.0 Å². The van der Waals surface area contributed by atoms with Crippen molar-refractivity contribution in [1.29, 1.82) is 0 Å². The summed E-state index contributed by atoms with van der Waals surface area (Å²) in [7, 11) is 0. The Morgan fingerprint density at radius 3 is 2.67 bits per heavy atom. The van der Waals surface area contributed by atoms with Crippen LogP contribution >= 0.6 is 11.6 Å². The number of halogens is 1. The molecular formula is C22H25ClO4. The lowest BCUT2D eigenvalue weighted by Gasteiger charge is -2.19. The van der Waals surface area contributed by atoms with E-state index in [9.17, 15) is 4.79 Å². The number of rotatable bonds is 6. The molecule has 0 saturated carbocycles. The Bertz CT molecular complexity index is 886. The van der Waals surface area contributed by atoms with E-state index >= 15 is 0 Å². The second-order valence-corrected chi connectivity index (χ2v) is 8.12. The minimum Gasteiger partial charge on any atom is -0.488 e. The van der Waals surface area contributed by atoms with Crippen LogP contribution in [0.25, 0.3) is 0 Å². The van der Waals surface area contributed by atoms with E-state index < -0.39 is 5.97 Å². The summed E-state index contributed by atoms with van der Waals surface area (Å²) in [6.45, 7) is 8.44. The molecule has 5 heteroatoms. The summed E-state index contributed by atoms with van der Waals surface area (Å²) in [6.07, 6.45) is 1.49. The number of fused-ring (bicyclic) bond motifs is 1.